The lowest BCUT2D eigenvalue weighted by Crippen LogP contribution is -1.96. The molecule has 0 radical (unpaired) electrons. The van der Waals surface area contributed by atoms with E-state index in [9.17, 15) is 0 Å². The maximum Gasteiger partial charge on any atom is 0.246 e. The summed E-state index contributed by atoms with van der Waals surface area (Å²) in [6.07, 6.45) is 5.63. The normalized spacial score (nSPS) is 10.9. The number of benzene rings is 2. The number of para-hydroxylation sites is 2. The molecular formula is C24H19N5O2. The van der Waals surface area contributed by atoms with Crippen LogP contribution in [0.5, 0.6) is 17.5 Å². The molecule has 5 aromatic rings. The number of hydrogen-bond acceptors (Lipinski definition) is 6. The first kappa shape index (κ1) is 18.7. The van der Waals surface area contributed by atoms with Gasteiger partial charge in [0, 0.05) is 36.6 Å². The van der Waals surface area contributed by atoms with Gasteiger partial charge in [-0.2, -0.15) is 0 Å². The maximum absolute atomic E-state index is 6.02. The number of aromatic nitrogens is 5. The quantitative estimate of drug-likeness (QED) is 0.433. The van der Waals surface area contributed by atoms with Gasteiger partial charge in [0.05, 0.1) is 18.1 Å². The Morgan fingerprint density at radius 1 is 0.871 bits per heavy atom. The predicted molar refractivity (Wildman–Crippen MR) is 117 cm³/mol. The second-order valence-corrected chi connectivity index (χ2v) is 6.92. The average Bonchev–Trinajstić information content (AvgIpc) is 3.23. The third-order valence-corrected chi connectivity index (χ3v) is 4.83. The van der Waals surface area contributed by atoms with Crippen molar-refractivity contribution >= 4 is 11.0 Å². The van der Waals surface area contributed by atoms with Crippen LogP contribution < -0.4 is 9.47 Å². The van der Waals surface area contributed by atoms with Crippen molar-refractivity contribution in [3.05, 3.63) is 90.6 Å². The SMILES string of the molecule is COc1ccc(-c2nccnc2Oc2ccc(Cc3nc4ccccc4[nH]3)cc2)cn1. The van der Waals surface area contributed by atoms with Crippen molar-refractivity contribution in [1.29, 1.82) is 0 Å². The lowest BCUT2D eigenvalue weighted by atomic mass is 10.1. The van der Waals surface area contributed by atoms with Gasteiger partial charge in [-0.1, -0.05) is 24.3 Å². The van der Waals surface area contributed by atoms with Crippen LogP contribution in [-0.2, 0) is 6.42 Å². The molecule has 0 aliphatic heterocycles. The summed E-state index contributed by atoms with van der Waals surface area (Å²) in [5.74, 6) is 2.56. The zero-order valence-corrected chi connectivity index (χ0v) is 16.8. The van der Waals surface area contributed by atoms with Crippen LogP contribution in [0.1, 0.15) is 11.4 Å². The van der Waals surface area contributed by atoms with Crippen molar-refractivity contribution in [3.63, 3.8) is 0 Å². The molecule has 0 aliphatic rings. The van der Waals surface area contributed by atoms with E-state index in [0.29, 0.717) is 29.6 Å². The summed E-state index contributed by atoms with van der Waals surface area (Å²) >= 11 is 0. The van der Waals surface area contributed by atoms with Crippen molar-refractivity contribution in [1.82, 2.24) is 24.9 Å². The Labute approximate surface area is 178 Å². The summed E-state index contributed by atoms with van der Waals surface area (Å²) in [6.45, 7) is 0. The number of fused-ring (bicyclic) bond motifs is 1. The number of nitrogens with zero attached hydrogens (tertiary/aromatic N) is 4. The van der Waals surface area contributed by atoms with E-state index >= 15 is 0 Å². The van der Waals surface area contributed by atoms with E-state index in [4.69, 9.17) is 9.47 Å². The number of nitrogens with one attached hydrogen (secondary N) is 1. The van der Waals surface area contributed by atoms with Crippen LogP contribution in [0.2, 0.25) is 0 Å². The monoisotopic (exact) mass is 409 g/mol. The van der Waals surface area contributed by atoms with Gasteiger partial charge in [-0.3, -0.25) is 0 Å². The zero-order valence-electron chi connectivity index (χ0n) is 16.8. The molecule has 0 atom stereocenters. The average molecular weight is 409 g/mol. The number of rotatable bonds is 6. The van der Waals surface area contributed by atoms with Crippen LogP contribution in [0.4, 0.5) is 0 Å². The topological polar surface area (TPSA) is 85.8 Å². The van der Waals surface area contributed by atoms with Crippen LogP contribution in [0.3, 0.4) is 0 Å². The van der Waals surface area contributed by atoms with E-state index in [1.165, 1.54) is 0 Å². The Hall–Kier alpha value is -4.26. The molecule has 3 heterocycles. The highest BCUT2D eigenvalue weighted by molar-refractivity contribution is 5.74. The number of H-pyrrole nitrogens is 1. The lowest BCUT2D eigenvalue weighted by Gasteiger charge is -2.10. The highest BCUT2D eigenvalue weighted by Crippen LogP contribution is 2.30. The van der Waals surface area contributed by atoms with Gasteiger partial charge >= 0.3 is 0 Å². The molecule has 7 heteroatoms. The molecule has 1 N–H and O–H groups in total. The van der Waals surface area contributed by atoms with Gasteiger partial charge in [0.15, 0.2) is 0 Å². The second-order valence-electron chi connectivity index (χ2n) is 6.92. The van der Waals surface area contributed by atoms with E-state index in [1.54, 1.807) is 31.8 Å². The first-order valence-corrected chi connectivity index (χ1v) is 9.80. The minimum absolute atomic E-state index is 0.416. The molecule has 0 spiro atoms. The van der Waals surface area contributed by atoms with Gasteiger partial charge in [0.2, 0.25) is 11.8 Å². The Kier molecular flexibility index (Phi) is 4.98. The maximum atomic E-state index is 6.02. The van der Waals surface area contributed by atoms with Crippen molar-refractivity contribution in [3.8, 4) is 28.8 Å². The Morgan fingerprint density at radius 3 is 2.48 bits per heavy atom. The van der Waals surface area contributed by atoms with Crippen molar-refractivity contribution < 1.29 is 9.47 Å². The van der Waals surface area contributed by atoms with Gasteiger partial charge in [0.25, 0.3) is 0 Å². The van der Waals surface area contributed by atoms with Gasteiger partial charge in [-0.25, -0.2) is 19.9 Å². The number of pyridine rings is 1. The fourth-order valence-electron chi connectivity index (χ4n) is 3.31. The number of imidazole rings is 1. The highest BCUT2D eigenvalue weighted by Gasteiger charge is 2.11. The molecule has 0 unspecified atom stereocenters. The minimum Gasteiger partial charge on any atom is -0.481 e. The molecule has 2 aromatic carbocycles. The van der Waals surface area contributed by atoms with E-state index in [-0.39, 0.29) is 0 Å². The zero-order chi connectivity index (χ0) is 21.0. The standard InChI is InChI=1S/C24H19N5O2/c1-30-22-11-8-17(15-27-22)23-24(26-13-12-25-23)31-18-9-6-16(7-10-18)14-21-28-19-4-2-3-5-20(19)29-21/h2-13,15H,14H2,1H3,(H,28,29). The van der Waals surface area contributed by atoms with Crippen LogP contribution >= 0.6 is 0 Å². The third kappa shape index (κ3) is 4.06. The molecule has 152 valence electrons. The minimum atomic E-state index is 0.416. The molecule has 7 nitrogen and oxygen atoms in total. The predicted octanol–water partition coefficient (Wildman–Crippen LogP) is 4.81. The summed E-state index contributed by atoms with van der Waals surface area (Å²) in [4.78, 5) is 21.0. The summed E-state index contributed by atoms with van der Waals surface area (Å²) in [5.41, 5.74) is 4.56. The Balaban J connectivity index is 1.34. The smallest absolute Gasteiger partial charge is 0.246 e. The second kappa shape index (κ2) is 8.23. The van der Waals surface area contributed by atoms with Crippen LogP contribution in [-0.4, -0.2) is 32.0 Å². The van der Waals surface area contributed by atoms with Gasteiger partial charge in [0.1, 0.15) is 17.3 Å². The molecule has 0 aliphatic carbocycles. The number of ether oxygens (including phenoxy) is 2. The molecule has 0 saturated carbocycles. The highest BCUT2D eigenvalue weighted by atomic mass is 16.5. The van der Waals surface area contributed by atoms with Crippen LogP contribution in [0.25, 0.3) is 22.3 Å². The number of methoxy groups -OCH3 is 1. The number of aromatic amines is 1. The van der Waals surface area contributed by atoms with E-state index in [2.05, 4.69) is 24.9 Å². The van der Waals surface area contributed by atoms with E-state index < -0.39 is 0 Å². The molecule has 3 aromatic heterocycles. The molecule has 5 rings (SSSR count). The fourth-order valence-corrected chi connectivity index (χ4v) is 3.31. The van der Waals surface area contributed by atoms with Crippen molar-refractivity contribution in [2.45, 2.75) is 6.42 Å². The van der Waals surface area contributed by atoms with Gasteiger partial charge < -0.3 is 14.5 Å². The van der Waals surface area contributed by atoms with Crippen LogP contribution in [0.15, 0.2) is 79.3 Å². The van der Waals surface area contributed by atoms with Crippen molar-refractivity contribution in [2.24, 2.45) is 0 Å². The van der Waals surface area contributed by atoms with Gasteiger partial charge in [-0.15, -0.1) is 0 Å². The van der Waals surface area contributed by atoms with E-state index in [1.807, 2.05) is 54.6 Å². The molecule has 0 saturated heterocycles. The fraction of sp³-hybridized carbons (Fsp3) is 0.0833. The van der Waals surface area contributed by atoms with Crippen LogP contribution in [0, 0.1) is 0 Å². The molecule has 0 fully saturated rings. The first-order valence-electron chi connectivity index (χ1n) is 9.80. The molecular weight excluding hydrogens is 390 g/mol. The first-order chi connectivity index (χ1) is 15.3. The molecule has 0 bridgehead atoms. The molecule has 0 amide bonds. The lowest BCUT2D eigenvalue weighted by molar-refractivity contribution is 0.398. The van der Waals surface area contributed by atoms with Gasteiger partial charge in [-0.05, 0) is 35.9 Å². The Morgan fingerprint density at radius 2 is 1.71 bits per heavy atom. The summed E-state index contributed by atoms with van der Waals surface area (Å²) < 4.78 is 11.1. The number of hydrogen-bond donors (Lipinski definition) is 1. The summed E-state index contributed by atoms with van der Waals surface area (Å²) in [7, 11) is 1.58. The third-order valence-electron chi connectivity index (χ3n) is 4.83. The van der Waals surface area contributed by atoms with Crippen molar-refractivity contribution in [2.75, 3.05) is 7.11 Å². The summed E-state index contributed by atoms with van der Waals surface area (Å²) in [6, 6.07) is 19.6. The largest absolute Gasteiger partial charge is 0.481 e. The summed E-state index contributed by atoms with van der Waals surface area (Å²) in [5, 5.41) is 0. The van der Waals surface area contributed by atoms with E-state index in [0.717, 1.165) is 28.0 Å². The Bertz CT molecular complexity index is 1280. The molecule has 31 heavy (non-hydrogen) atoms.